The molecule has 1 heterocycles. The van der Waals surface area contributed by atoms with E-state index < -0.39 is 0 Å². The first-order valence-electron chi connectivity index (χ1n) is 3.39. The normalized spacial score (nSPS) is 10.7. The van der Waals surface area contributed by atoms with Crippen LogP contribution in [0, 0.1) is 6.92 Å². The van der Waals surface area contributed by atoms with Crippen molar-refractivity contribution in [2.45, 2.75) is 6.92 Å². The van der Waals surface area contributed by atoms with Gasteiger partial charge in [0.15, 0.2) is 0 Å². The Bertz CT molecular complexity index is 279. The molecule has 3 heteroatoms. The van der Waals surface area contributed by atoms with Crippen molar-refractivity contribution in [1.82, 2.24) is 4.98 Å². The van der Waals surface area contributed by atoms with E-state index in [1.54, 1.807) is 19.5 Å². The second-order valence-electron chi connectivity index (χ2n) is 2.31. The third kappa shape index (κ3) is 1.55. The molecule has 2 N–H and O–H groups in total. The maximum absolute atomic E-state index is 5.71. The van der Waals surface area contributed by atoms with Crippen molar-refractivity contribution in [2.24, 2.45) is 4.99 Å². The Kier molecular flexibility index (Phi) is 2.21. The number of aromatic nitrogens is 1. The van der Waals surface area contributed by atoms with Crippen molar-refractivity contribution in [3.63, 3.8) is 0 Å². The molecule has 0 spiro atoms. The SMILES string of the molecule is CN=Cc1nccc(C)c1N. The van der Waals surface area contributed by atoms with Crippen LogP contribution >= 0.6 is 0 Å². The summed E-state index contributed by atoms with van der Waals surface area (Å²) in [4.78, 5) is 7.89. The van der Waals surface area contributed by atoms with E-state index in [4.69, 9.17) is 5.73 Å². The third-order valence-electron chi connectivity index (χ3n) is 1.49. The van der Waals surface area contributed by atoms with Crippen LogP contribution in [-0.4, -0.2) is 18.2 Å². The summed E-state index contributed by atoms with van der Waals surface area (Å²) in [5.41, 5.74) is 8.20. The first kappa shape index (κ1) is 7.72. The Labute approximate surface area is 66.0 Å². The van der Waals surface area contributed by atoms with Gasteiger partial charge in [-0.2, -0.15) is 0 Å². The van der Waals surface area contributed by atoms with Crippen molar-refractivity contribution >= 4 is 11.9 Å². The lowest BCUT2D eigenvalue weighted by Crippen LogP contribution is -1.98. The molecule has 11 heavy (non-hydrogen) atoms. The molecular formula is C8H11N3. The fourth-order valence-corrected chi connectivity index (χ4v) is 0.816. The maximum Gasteiger partial charge on any atom is 0.104 e. The van der Waals surface area contributed by atoms with Crippen LogP contribution in [0.25, 0.3) is 0 Å². The molecule has 0 aliphatic carbocycles. The molecule has 0 amide bonds. The summed E-state index contributed by atoms with van der Waals surface area (Å²) < 4.78 is 0. The van der Waals surface area contributed by atoms with E-state index in [0.717, 1.165) is 11.3 Å². The van der Waals surface area contributed by atoms with E-state index in [2.05, 4.69) is 9.98 Å². The van der Waals surface area contributed by atoms with Crippen LogP contribution < -0.4 is 5.73 Å². The minimum Gasteiger partial charge on any atom is -0.397 e. The average molecular weight is 149 g/mol. The Hall–Kier alpha value is -1.38. The second-order valence-corrected chi connectivity index (χ2v) is 2.31. The third-order valence-corrected chi connectivity index (χ3v) is 1.49. The highest BCUT2D eigenvalue weighted by Crippen LogP contribution is 2.10. The molecule has 0 aromatic carbocycles. The number of nitrogens with zero attached hydrogens (tertiary/aromatic N) is 2. The number of pyridine rings is 1. The van der Waals surface area contributed by atoms with Gasteiger partial charge >= 0.3 is 0 Å². The molecule has 0 bridgehead atoms. The minimum atomic E-state index is 0.707. The molecule has 1 aromatic rings. The molecule has 0 saturated carbocycles. The van der Waals surface area contributed by atoms with Gasteiger partial charge < -0.3 is 5.73 Å². The first-order valence-corrected chi connectivity index (χ1v) is 3.39. The first-order chi connectivity index (χ1) is 5.25. The van der Waals surface area contributed by atoms with Gasteiger partial charge in [-0.3, -0.25) is 9.98 Å². The number of nitrogen functional groups attached to an aromatic ring is 1. The molecule has 0 saturated heterocycles. The fourth-order valence-electron chi connectivity index (χ4n) is 0.816. The lowest BCUT2D eigenvalue weighted by molar-refractivity contribution is 1.26. The largest absolute Gasteiger partial charge is 0.397 e. The van der Waals surface area contributed by atoms with E-state index in [1.165, 1.54) is 0 Å². The Morgan fingerprint density at radius 3 is 3.00 bits per heavy atom. The predicted molar refractivity (Wildman–Crippen MR) is 46.9 cm³/mol. The predicted octanol–water partition coefficient (Wildman–Crippen LogP) is 1.02. The van der Waals surface area contributed by atoms with Gasteiger partial charge in [-0.05, 0) is 18.6 Å². The molecule has 3 nitrogen and oxygen atoms in total. The summed E-state index contributed by atoms with van der Waals surface area (Å²) in [7, 11) is 1.70. The van der Waals surface area contributed by atoms with Gasteiger partial charge in [-0.1, -0.05) is 0 Å². The van der Waals surface area contributed by atoms with Crippen LogP contribution in [0.3, 0.4) is 0 Å². The quantitative estimate of drug-likeness (QED) is 0.606. The summed E-state index contributed by atoms with van der Waals surface area (Å²) in [6.45, 7) is 1.95. The summed E-state index contributed by atoms with van der Waals surface area (Å²) in [6, 6.07) is 1.88. The van der Waals surface area contributed by atoms with Gasteiger partial charge in [0.2, 0.25) is 0 Å². The summed E-state index contributed by atoms with van der Waals surface area (Å²) in [6.07, 6.45) is 3.38. The van der Waals surface area contributed by atoms with Crippen LogP contribution in [0.2, 0.25) is 0 Å². The van der Waals surface area contributed by atoms with Crippen LogP contribution in [-0.2, 0) is 0 Å². The van der Waals surface area contributed by atoms with Gasteiger partial charge in [0.25, 0.3) is 0 Å². The highest BCUT2D eigenvalue weighted by Gasteiger charge is 1.98. The molecule has 1 aromatic heterocycles. The maximum atomic E-state index is 5.71. The average Bonchev–Trinajstić information content (AvgIpc) is 1.99. The fraction of sp³-hybridized carbons (Fsp3) is 0.250. The molecular weight excluding hydrogens is 138 g/mol. The van der Waals surface area contributed by atoms with Gasteiger partial charge in [0, 0.05) is 19.5 Å². The Morgan fingerprint density at radius 2 is 2.36 bits per heavy atom. The molecule has 1 rings (SSSR count). The number of hydrogen-bond acceptors (Lipinski definition) is 3. The molecule has 0 unspecified atom stereocenters. The van der Waals surface area contributed by atoms with E-state index in [0.29, 0.717) is 5.69 Å². The van der Waals surface area contributed by atoms with Crippen molar-refractivity contribution in [1.29, 1.82) is 0 Å². The van der Waals surface area contributed by atoms with Gasteiger partial charge in [-0.25, -0.2) is 0 Å². The van der Waals surface area contributed by atoms with Gasteiger partial charge in [-0.15, -0.1) is 0 Å². The molecule has 0 radical (unpaired) electrons. The Balaban J connectivity index is 3.16. The highest BCUT2D eigenvalue weighted by atomic mass is 14.8. The van der Waals surface area contributed by atoms with Crippen LogP contribution in [0.4, 0.5) is 5.69 Å². The smallest absolute Gasteiger partial charge is 0.104 e. The summed E-state index contributed by atoms with van der Waals surface area (Å²) in [5.74, 6) is 0. The molecule has 0 fully saturated rings. The standard InChI is InChI=1S/C8H11N3/c1-6-3-4-11-7(5-10-2)8(6)9/h3-5H,9H2,1-2H3. The monoisotopic (exact) mass is 149 g/mol. The zero-order chi connectivity index (χ0) is 8.27. The van der Waals surface area contributed by atoms with Crippen molar-refractivity contribution in [2.75, 3.05) is 12.8 Å². The zero-order valence-electron chi connectivity index (χ0n) is 6.70. The topological polar surface area (TPSA) is 51.3 Å². The van der Waals surface area contributed by atoms with E-state index in [-0.39, 0.29) is 0 Å². The number of rotatable bonds is 1. The number of aliphatic imine (C=N–C) groups is 1. The second kappa shape index (κ2) is 3.14. The molecule has 0 aliphatic heterocycles. The zero-order valence-corrected chi connectivity index (χ0v) is 6.70. The van der Waals surface area contributed by atoms with Crippen LogP contribution in [0.5, 0.6) is 0 Å². The van der Waals surface area contributed by atoms with E-state index in [9.17, 15) is 0 Å². The number of anilines is 1. The summed E-state index contributed by atoms with van der Waals surface area (Å²) >= 11 is 0. The van der Waals surface area contributed by atoms with E-state index >= 15 is 0 Å². The Morgan fingerprint density at radius 1 is 1.64 bits per heavy atom. The van der Waals surface area contributed by atoms with E-state index in [1.807, 2.05) is 13.0 Å². The van der Waals surface area contributed by atoms with Crippen molar-refractivity contribution < 1.29 is 0 Å². The van der Waals surface area contributed by atoms with Crippen molar-refractivity contribution in [3.8, 4) is 0 Å². The highest BCUT2D eigenvalue weighted by molar-refractivity contribution is 5.85. The number of nitrogens with two attached hydrogens (primary N) is 1. The summed E-state index contributed by atoms with van der Waals surface area (Å²) in [5, 5.41) is 0. The molecule has 0 atom stereocenters. The van der Waals surface area contributed by atoms with Crippen molar-refractivity contribution in [3.05, 3.63) is 23.5 Å². The van der Waals surface area contributed by atoms with Gasteiger partial charge in [0.1, 0.15) is 5.69 Å². The molecule has 58 valence electrons. The number of aryl methyl sites for hydroxylation is 1. The minimum absolute atomic E-state index is 0.707. The number of hydrogen-bond donors (Lipinski definition) is 1. The van der Waals surface area contributed by atoms with Crippen LogP contribution in [0.1, 0.15) is 11.3 Å². The lowest BCUT2D eigenvalue weighted by atomic mass is 10.2. The van der Waals surface area contributed by atoms with Crippen LogP contribution in [0.15, 0.2) is 17.3 Å². The lowest BCUT2D eigenvalue weighted by Gasteiger charge is -2.00. The van der Waals surface area contributed by atoms with Gasteiger partial charge in [0.05, 0.1) is 5.69 Å². The molecule has 0 aliphatic rings.